The molecule has 3 nitrogen and oxygen atoms in total. The van der Waals surface area contributed by atoms with E-state index in [-0.39, 0.29) is 0 Å². The first-order valence-corrected chi connectivity index (χ1v) is 9.67. The third-order valence-electron chi connectivity index (χ3n) is 4.76. The number of nitrogens with zero attached hydrogens (tertiary/aromatic N) is 3. The molecule has 0 amide bonds. The van der Waals surface area contributed by atoms with Crippen LogP contribution < -0.4 is 4.90 Å². The van der Waals surface area contributed by atoms with Crippen molar-refractivity contribution >= 4 is 27.4 Å². The smallest absolute Gasteiger partial charge is 0.163 e. The van der Waals surface area contributed by atoms with Gasteiger partial charge in [-0.3, -0.25) is 0 Å². The van der Waals surface area contributed by atoms with Crippen LogP contribution >= 0.6 is 11.3 Å². The lowest BCUT2D eigenvalue weighted by Crippen LogP contribution is -2.35. The predicted molar refractivity (Wildman–Crippen MR) is 103 cm³/mol. The van der Waals surface area contributed by atoms with Gasteiger partial charge in [-0.1, -0.05) is 44.2 Å². The molecular formula is C20H23N3S. The molecule has 1 atom stereocenters. The Morgan fingerprint density at radius 3 is 2.79 bits per heavy atom. The quantitative estimate of drug-likeness (QED) is 0.661. The van der Waals surface area contributed by atoms with Crippen LogP contribution in [0.15, 0.2) is 36.4 Å². The maximum Gasteiger partial charge on any atom is 0.163 e. The number of piperidine rings is 1. The highest BCUT2D eigenvalue weighted by Gasteiger charge is 2.22. The Balaban J connectivity index is 1.87. The number of aryl methyl sites for hydroxylation is 1. The summed E-state index contributed by atoms with van der Waals surface area (Å²) in [6.45, 7) is 6.74. The Bertz CT molecular complexity index is 841. The van der Waals surface area contributed by atoms with Crippen LogP contribution in [-0.2, 0) is 6.42 Å². The number of anilines is 1. The summed E-state index contributed by atoms with van der Waals surface area (Å²) in [7, 11) is 0. The fraction of sp³-hybridized carbons (Fsp3) is 0.400. The second-order valence-corrected chi connectivity index (χ2v) is 7.83. The molecule has 24 heavy (non-hydrogen) atoms. The molecule has 2 aromatic heterocycles. The van der Waals surface area contributed by atoms with E-state index in [1.165, 1.54) is 23.1 Å². The van der Waals surface area contributed by atoms with E-state index in [4.69, 9.17) is 9.97 Å². The summed E-state index contributed by atoms with van der Waals surface area (Å²) >= 11 is 1.81. The Labute approximate surface area is 147 Å². The molecule has 4 rings (SSSR count). The minimum Gasteiger partial charge on any atom is -0.356 e. The first-order valence-electron chi connectivity index (χ1n) is 8.85. The van der Waals surface area contributed by atoms with Gasteiger partial charge < -0.3 is 4.90 Å². The van der Waals surface area contributed by atoms with Gasteiger partial charge in [0.15, 0.2) is 5.82 Å². The van der Waals surface area contributed by atoms with Gasteiger partial charge in [0.05, 0.1) is 5.39 Å². The highest BCUT2D eigenvalue weighted by Crippen LogP contribution is 2.35. The minimum absolute atomic E-state index is 0.730. The van der Waals surface area contributed by atoms with E-state index >= 15 is 0 Å². The van der Waals surface area contributed by atoms with E-state index in [9.17, 15) is 0 Å². The van der Waals surface area contributed by atoms with Gasteiger partial charge in [-0.2, -0.15) is 0 Å². The van der Waals surface area contributed by atoms with Crippen LogP contribution in [0.25, 0.3) is 21.6 Å². The van der Waals surface area contributed by atoms with E-state index in [2.05, 4.69) is 49.1 Å². The monoisotopic (exact) mass is 337 g/mol. The molecule has 0 saturated carbocycles. The van der Waals surface area contributed by atoms with Gasteiger partial charge in [-0.05, 0) is 31.2 Å². The SMILES string of the molecule is CCc1cc2c(N3CCCC(C)C3)nc(-c3ccccc3)nc2s1. The number of aromatic nitrogens is 2. The number of rotatable bonds is 3. The zero-order valence-electron chi connectivity index (χ0n) is 14.3. The second kappa shape index (κ2) is 6.52. The van der Waals surface area contributed by atoms with Crippen molar-refractivity contribution in [2.75, 3.05) is 18.0 Å². The molecule has 3 heterocycles. The summed E-state index contributed by atoms with van der Waals surface area (Å²) in [6.07, 6.45) is 3.62. The van der Waals surface area contributed by atoms with Crippen LogP contribution in [-0.4, -0.2) is 23.1 Å². The molecule has 1 aromatic carbocycles. The first kappa shape index (κ1) is 15.6. The Morgan fingerprint density at radius 1 is 1.21 bits per heavy atom. The van der Waals surface area contributed by atoms with Crippen molar-refractivity contribution in [3.8, 4) is 11.4 Å². The minimum atomic E-state index is 0.730. The van der Waals surface area contributed by atoms with Gasteiger partial charge in [0.2, 0.25) is 0 Å². The lowest BCUT2D eigenvalue weighted by molar-refractivity contribution is 0.445. The molecule has 1 aliphatic rings. The van der Waals surface area contributed by atoms with Gasteiger partial charge >= 0.3 is 0 Å². The van der Waals surface area contributed by atoms with Crippen LogP contribution in [0.3, 0.4) is 0 Å². The first-order chi connectivity index (χ1) is 11.7. The fourth-order valence-electron chi connectivity index (χ4n) is 3.47. The van der Waals surface area contributed by atoms with Crippen molar-refractivity contribution < 1.29 is 0 Å². The van der Waals surface area contributed by atoms with Gasteiger partial charge in [0.25, 0.3) is 0 Å². The molecule has 0 radical (unpaired) electrons. The van der Waals surface area contributed by atoms with Crippen LogP contribution in [0.5, 0.6) is 0 Å². The lowest BCUT2D eigenvalue weighted by atomic mass is 10.0. The lowest BCUT2D eigenvalue weighted by Gasteiger charge is -2.32. The van der Waals surface area contributed by atoms with Gasteiger partial charge in [0.1, 0.15) is 10.6 Å². The molecule has 1 aliphatic heterocycles. The van der Waals surface area contributed by atoms with Crippen molar-refractivity contribution in [2.24, 2.45) is 5.92 Å². The highest BCUT2D eigenvalue weighted by molar-refractivity contribution is 7.18. The Hall–Kier alpha value is -1.94. The molecule has 0 N–H and O–H groups in total. The number of fused-ring (bicyclic) bond motifs is 1. The Kier molecular flexibility index (Phi) is 4.23. The zero-order chi connectivity index (χ0) is 16.5. The topological polar surface area (TPSA) is 29.0 Å². The zero-order valence-corrected chi connectivity index (χ0v) is 15.1. The van der Waals surface area contributed by atoms with E-state index in [1.807, 2.05) is 17.4 Å². The summed E-state index contributed by atoms with van der Waals surface area (Å²) in [4.78, 5) is 14.8. The van der Waals surface area contributed by atoms with Gasteiger partial charge in [-0.25, -0.2) is 9.97 Å². The van der Waals surface area contributed by atoms with Gasteiger partial charge in [-0.15, -0.1) is 11.3 Å². The number of hydrogen-bond acceptors (Lipinski definition) is 4. The van der Waals surface area contributed by atoms with Crippen molar-refractivity contribution in [1.29, 1.82) is 0 Å². The molecule has 0 spiro atoms. The van der Waals surface area contributed by atoms with E-state index in [0.29, 0.717) is 0 Å². The molecule has 1 unspecified atom stereocenters. The number of hydrogen-bond donors (Lipinski definition) is 0. The predicted octanol–water partition coefficient (Wildman–Crippen LogP) is 5.16. The van der Waals surface area contributed by atoms with E-state index in [1.54, 1.807) is 0 Å². The average Bonchev–Trinajstić information content (AvgIpc) is 3.05. The summed E-state index contributed by atoms with van der Waals surface area (Å²) in [5, 5.41) is 1.23. The summed E-state index contributed by atoms with van der Waals surface area (Å²) in [5.74, 6) is 2.70. The molecule has 0 aliphatic carbocycles. The Morgan fingerprint density at radius 2 is 2.04 bits per heavy atom. The summed E-state index contributed by atoms with van der Waals surface area (Å²) in [6, 6.07) is 12.6. The summed E-state index contributed by atoms with van der Waals surface area (Å²) < 4.78 is 0. The maximum absolute atomic E-state index is 5.00. The highest BCUT2D eigenvalue weighted by atomic mass is 32.1. The largest absolute Gasteiger partial charge is 0.356 e. The average molecular weight is 337 g/mol. The normalized spacial score (nSPS) is 18.2. The van der Waals surface area contributed by atoms with Gasteiger partial charge in [0, 0.05) is 23.5 Å². The summed E-state index contributed by atoms with van der Waals surface area (Å²) in [5.41, 5.74) is 1.09. The van der Waals surface area contributed by atoms with Crippen LogP contribution in [0, 0.1) is 5.92 Å². The maximum atomic E-state index is 5.00. The van der Waals surface area contributed by atoms with Crippen molar-refractivity contribution in [3.05, 3.63) is 41.3 Å². The number of benzene rings is 1. The molecular weight excluding hydrogens is 314 g/mol. The third kappa shape index (κ3) is 2.91. The number of thiophene rings is 1. The molecule has 124 valence electrons. The van der Waals surface area contributed by atoms with Crippen LogP contribution in [0.2, 0.25) is 0 Å². The van der Waals surface area contributed by atoms with Crippen LogP contribution in [0.1, 0.15) is 31.6 Å². The van der Waals surface area contributed by atoms with E-state index in [0.717, 1.165) is 47.5 Å². The molecule has 0 bridgehead atoms. The van der Waals surface area contributed by atoms with E-state index < -0.39 is 0 Å². The van der Waals surface area contributed by atoms with Crippen molar-refractivity contribution in [2.45, 2.75) is 33.1 Å². The molecule has 1 fully saturated rings. The third-order valence-corrected chi connectivity index (χ3v) is 5.93. The van der Waals surface area contributed by atoms with Crippen molar-refractivity contribution in [1.82, 2.24) is 9.97 Å². The van der Waals surface area contributed by atoms with Crippen LogP contribution in [0.4, 0.5) is 5.82 Å². The second-order valence-electron chi connectivity index (χ2n) is 6.72. The molecule has 1 saturated heterocycles. The van der Waals surface area contributed by atoms with Crippen molar-refractivity contribution in [3.63, 3.8) is 0 Å². The fourth-order valence-corrected chi connectivity index (χ4v) is 4.43. The molecule has 3 aromatic rings. The molecule has 4 heteroatoms. The standard InChI is InChI=1S/C20H23N3S/c1-3-16-12-17-19(23-11-7-8-14(2)13-23)21-18(22-20(17)24-16)15-9-5-4-6-10-15/h4-6,9-10,12,14H,3,7-8,11,13H2,1-2H3.